The summed E-state index contributed by atoms with van der Waals surface area (Å²) in [5, 5.41) is -0.166. The van der Waals surface area contributed by atoms with Crippen LogP contribution in [0.25, 0.3) is 5.57 Å². The maximum Gasteiger partial charge on any atom is 0.416 e. The molecule has 0 aromatic heterocycles. The molecule has 0 saturated carbocycles. The van der Waals surface area contributed by atoms with Gasteiger partial charge in [-0.2, -0.15) is 13.2 Å². The van der Waals surface area contributed by atoms with Gasteiger partial charge in [-0.05, 0) is 29.8 Å². The minimum atomic E-state index is -4.50. The third kappa shape index (κ3) is 6.12. The molecule has 2 rings (SSSR count). The quantitative estimate of drug-likeness (QED) is 0.342. The van der Waals surface area contributed by atoms with Crippen LogP contribution in [0.3, 0.4) is 0 Å². The predicted octanol–water partition coefficient (Wildman–Crippen LogP) is 5.30. The highest BCUT2D eigenvalue weighted by atomic mass is 35.5. The second-order valence-corrected chi connectivity index (χ2v) is 6.17. The fraction of sp³-hybridized carbons (Fsp3) is 0.238. The van der Waals surface area contributed by atoms with E-state index in [1.807, 2.05) is 0 Å². The van der Waals surface area contributed by atoms with Gasteiger partial charge in [0.1, 0.15) is 17.9 Å². The average Bonchev–Trinajstić information content (AvgIpc) is 2.69. The molecule has 0 amide bonds. The molecule has 0 heterocycles. The molecule has 0 aliphatic heterocycles. The number of rotatable bonds is 7. The minimum Gasteiger partial charge on any atom is -0.487 e. The molecule has 0 fully saturated rings. The lowest BCUT2D eigenvalue weighted by Crippen LogP contribution is -2.08. The second kappa shape index (κ2) is 10.2. The van der Waals surface area contributed by atoms with E-state index in [1.165, 1.54) is 20.3 Å². The van der Waals surface area contributed by atoms with Crippen molar-refractivity contribution in [3.05, 3.63) is 76.0 Å². The summed E-state index contributed by atoms with van der Waals surface area (Å²) in [5.41, 5.74) is 3.26. The van der Waals surface area contributed by atoms with Crippen molar-refractivity contribution in [2.75, 3.05) is 20.8 Å². The van der Waals surface area contributed by atoms with E-state index in [0.717, 1.165) is 18.2 Å². The summed E-state index contributed by atoms with van der Waals surface area (Å²) in [4.78, 5) is 12.2. The topological polar surface area (TPSA) is 44.8 Å². The van der Waals surface area contributed by atoms with E-state index >= 15 is 0 Å². The SMILES string of the molecule is COCC=C=C(C(=O)OC)c1ccccc1COc1ccc(C(F)(F)F)cc1Cl. The van der Waals surface area contributed by atoms with E-state index in [1.54, 1.807) is 24.3 Å². The Kier molecular flexibility index (Phi) is 7.91. The maximum absolute atomic E-state index is 12.8. The monoisotopic (exact) mass is 426 g/mol. The van der Waals surface area contributed by atoms with Crippen LogP contribution in [0, 0.1) is 0 Å². The highest BCUT2D eigenvalue weighted by Crippen LogP contribution is 2.35. The van der Waals surface area contributed by atoms with E-state index in [0.29, 0.717) is 11.1 Å². The summed E-state index contributed by atoms with van der Waals surface area (Å²) < 4.78 is 53.6. The van der Waals surface area contributed by atoms with Crippen molar-refractivity contribution >= 4 is 23.1 Å². The Bertz CT molecular complexity index is 932. The molecule has 154 valence electrons. The normalized spacial score (nSPS) is 10.8. The first kappa shape index (κ1) is 22.6. The lowest BCUT2D eigenvalue weighted by atomic mass is 10.0. The number of hydrogen-bond donors (Lipinski definition) is 0. The van der Waals surface area contributed by atoms with Gasteiger partial charge >= 0.3 is 12.1 Å². The molecule has 2 aromatic rings. The van der Waals surface area contributed by atoms with Crippen LogP contribution in [0.5, 0.6) is 5.75 Å². The Morgan fingerprint density at radius 1 is 1.17 bits per heavy atom. The van der Waals surface area contributed by atoms with Gasteiger partial charge in [-0.3, -0.25) is 0 Å². The molecule has 0 aliphatic carbocycles. The van der Waals surface area contributed by atoms with Crippen LogP contribution in [-0.2, 0) is 27.1 Å². The van der Waals surface area contributed by atoms with Gasteiger partial charge in [0.25, 0.3) is 0 Å². The van der Waals surface area contributed by atoms with Gasteiger partial charge in [-0.1, -0.05) is 35.9 Å². The number of methoxy groups -OCH3 is 2. The fourth-order valence-electron chi connectivity index (χ4n) is 2.42. The van der Waals surface area contributed by atoms with Crippen molar-refractivity contribution in [1.29, 1.82) is 0 Å². The summed E-state index contributed by atoms with van der Waals surface area (Å²) in [6.45, 7) is 0.216. The lowest BCUT2D eigenvalue weighted by Gasteiger charge is -2.14. The minimum absolute atomic E-state index is 0.0340. The molecule has 0 atom stereocenters. The number of benzene rings is 2. The molecule has 29 heavy (non-hydrogen) atoms. The molecular weight excluding hydrogens is 409 g/mol. The summed E-state index contributed by atoms with van der Waals surface area (Å²) >= 11 is 5.93. The van der Waals surface area contributed by atoms with Crippen molar-refractivity contribution in [2.24, 2.45) is 0 Å². The second-order valence-electron chi connectivity index (χ2n) is 5.76. The average molecular weight is 427 g/mol. The molecule has 2 aromatic carbocycles. The van der Waals surface area contributed by atoms with Crippen LogP contribution in [0.1, 0.15) is 16.7 Å². The summed E-state index contributed by atoms with van der Waals surface area (Å²) in [7, 11) is 2.76. The predicted molar refractivity (Wildman–Crippen MR) is 103 cm³/mol. The summed E-state index contributed by atoms with van der Waals surface area (Å²) in [6, 6.07) is 9.72. The van der Waals surface area contributed by atoms with Crippen molar-refractivity contribution in [3.8, 4) is 5.75 Å². The van der Waals surface area contributed by atoms with Crippen LogP contribution < -0.4 is 4.74 Å². The largest absolute Gasteiger partial charge is 0.487 e. The van der Waals surface area contributed by atoms with Crippen molar-refractivity contribution < 1.29 is 32.2 Å². The van der Waals surface area contributed by atoms with Crippen LogP contribution in [-0.4, -0.2) is 26.8 Å². The van der Waals surface area contributed by atoms with Crippen molar-refractivity contribution in [1.82, 2.24) is 0 Å². The highest BCUT2D eigenvalue weighted by Gasteiger charge is 2.31. The standard InChI is InChI=1S/C21H18ClF3O4/c1-27-11-5-8-17(20(26)28-2)16-7-4-3-6-14(16)13-29-19-10-9-15(12-18(19)22)21(23,24)25/h3-7,9-10,12H,11,13H2,1-2H3. The summed E-state index contributed by atoms with van der Waals surface area (Å²) in [5.74, 6) is -0.509. The van der Waals surface area contributed by atoms with Crippen LogP contribution in [0.15, 0.2) is 54.3 Å². The number of carbonyl (C=O) groups is 1. The Hall–Kier alpha value is -2.73. The Balaban J connectivity index is 2.32. The van der Waals surface area contributed by atoms with E-state index in [2.05, 4.69) is 5.73 Å². The molecule has 0 N–H and O–H groups in total. The number of hydrogen-bond acceptors (Lipinski definition) is 4. The molecule has 4 nitrogen and oxygen atoms in total. The van der Waals surface area contributed by atoms with Crippen LogP contribution >= 0.6 is 11.6 Å². The van der Waals surface area contributed by atoms with E-state index in [-0.39, 0.29) is 29.6 Å². The zero-order valence-corrected chi connectivity index (χ0v) is 16.4. The van der Waals surface area contributed by atoms with Gasteiger partial charge in [0.15, 0.2) is 0 Å². The van der Waals surface area contributed by atoms with Gasteiger partial charge in [0.05, 0.1) is 24.3 Å². The lowest BCUT2D eigenvalue weighted by molar-refractivity contribution is -0.137. The first-order chi connectivity index (χ1) is 13.8. The Morgan fingerprint density at radius 3 is 2.52 bits per heavy atom. The molecule has 8 heteroatoms. The molecule has 0 spiro atoms. The van der Waals surface area contributed by atoms with Crippen molar-refractivity contribution in [2.45, 2.75) is 12.8 Å². The maximum atomic E-state index is 12.8. The molecule has 0 radical (unpaired) electrons. The number of ether oxygens (including phenoxy) is 3. The van der Waals surface area contributed by atoms with E-state index in [4.69, 9.17) is 25.8 Å². The smallest absolute Gasteiger partial charge is 0.416 e. The van der Waals surface area contributed by atoms with E-state index < -0.39 is 17.7 Å². The third-order valence-corrected chi connectivity index (χ3v) is 4.11. The molecular formula is C21H18ClF3O4. The number of halogens is 4. The first-order valence-electron chi connectivity index (χ1n) is 8.38. The van der Waals surface area contributed by atoms with E-state index in [9.17, 15) is 18.0 Å². The van der Waals surface area contributed by atoms with Gasteiger partial charge in [0, 0.05) is 12.7 Å². The zero-order chi connectivity index (χ0) is 21.4. The van der Waals surface area contributed by atoms with Gasteiger partial charge in [0.2, 0.25) is 0 Å². The molecule has 0 bridgehead atoms. The van der Waals surface area contributed by atoms with Gasteiger partial charge in [-0.15, -0.1) is 5.73 Å². The van der Waals surface area contributed by atoms with Crippen LogP contribution in [0.2, 0.25) is 5.02 Å². The highest BCUT2D eigenvalue weighted by molar-refractivity contribution is 6.32. The van der Waals surface area contributed by atoms with Crippen LogP contribution in [0.4, 0.5) is 13.2 Å². The molecule has 0 unspecified atom stereocenters. The van der Waals surface area contributed by atoms with Crippen molar-refractivity contribution in [3.63, 3.8) is 0 Å². The number of carbonyl (C=O) groups excluding carboxylic acids is 1. The molecule has 0 aliphatic rings. The Labute approximate surface area is 171 Å². The number of alkyl halides is 3. The third-order valence-electron chi connectivity index (χ3n) is 3.82. The zero-order valence-electron chi connectivity index (χ0n) is 15.7. The first-order valence-corrected chi connectivity index (χ1v) is 8.76. The number of esters is 1. The fourth-order valence-corrected chi connectivity index (χ4v) is 2.65. The Morgan fingerprint density at radius 2 is 1.90 bits per heavy atom. The van der Waals surface area contributed by atoms with Gasteiger partial charge < -0.3 is 14.2 Å². The van der Waals surface area contributed by atoms with Gasteiger partial charge in [-0.25, -0.2) is 4.79 Å². The molecule has 0 saturated heterocycles. The summed E-state index contributed by atoms with van der Waals surface area (Å²) in [6.07, 6.45) is -2.96.